The smallest absolute Gasteiger partial charge is 0.248 e. The van der Waals surface area contributed by atoms with E-state index in [0.717, 1.165) is 11.5 Å². The van der Waals surface area contributed by atoms with E-state index in [0.29, 0.717) is 29.4 Å². The molecule has 3 rings (SSSR count). The molecule has 0 saturated heterocycles. The molecule has 0 aliphatic rings. The van der Waals surface area contributed by atoms with Crippen LogP contribution < -0.4 is 14.8 Å². The Kier molecular flexibility index (Phi) is 6.01. The van der Waals surface area contributed by atoms with Crippen LogP contribution in [-0.2, 0) is 11.4 Å². The van der Waals surface area contributed by atoms with Gasteiger partial charge < -0.3 is 24.3 Å². The lowest BCUT2D eigenvalue weighted by molar-refractivity contribution is -0.111. The second-order valence-corrected chi connectivity index (χ2v) is 6.08. The first kappa shape index (κ1) is 19.1. The van der Waals surface area contributed by atoms with Crippen LogP contribution in [0.5, 0.6) is 17.2 Å². The molecule has 0 radical (unpaired) electrons. The number of nitrogens with one attached hydrogen (secondary N) is 1. The van der Waals surface area contributed by atoms with E-state index in [1.54, 1.807) is 42.5 Å². The monoisotopic (exact) mass is 379 g/mol. The standard InChI is InChI=1S/C22H21NO5/c1-15-6-9-19(28-15)14-27-18-5-3-4-17(13-18)23-22(25)11-8-16-7-10-21(26-2)20(24)12-16/h3-13,24H,14H2,1-2H3,(H,23,25)/b11-8+. The van der Waals surface area contributed by atoms with Crippen LogP contribution in [0.25, 0.3) is 6.08 Å². The van der Waals surface area contributed by atoms with Crippen LogP contribution in [0.1, 0.15) is 17.1 Å². The van der Waals surface area contributed by atoms with E-state index in [1.807, 2.05) is 19.1 Å². The summed E-state index contributed by atoms with van der Waals surface area (Å²) in [6, 6.07) is 15.8. The zero-order valence-electron chi connectivity index (χ0n) is 15.6. The lowest BCUT2D eigenvalue weighted by Gasteiger charge is -2.07. The molecule has 28 heavy (non-hydrogen) atoms. The Morgan fingerprint density at radius 2 is 2.04 bits per heavy atom. The van der Waals surface area contributed by atoms with Crippen LogP contribution >= 0.6 is 0 Å². The van der Waals surface area contributed by atoms with Crippen molar-refractivity contribution in [1.29, 1.82) is 0 Å². The Morgan fingerprint density at radius 1 is 1.18 bits per heavy atom. The topological polar surface area (TPSA) is 80.9 Å². The summed E-state index contributed by atoms with van der Waals surface area (Å²) in [6.07, 6.45) is 2.99. The molecule has 0 fully saturated rings. The van der Waals surface area contributed by atoms with Crippen molar-refractivity contribution in [2.75, 3.05) is 12.4 Å². The van der Waals surface area contributed by atoms with Gasteiger partial charge in [-0.1, -0.05) is 12.1 Å². The van der Waals surface area contributed by atoms with Crippen LogP contribution in [-0.4, -0.2) is 18.1 Å². The van der Waals surface area contributed by atoms with Crippen molar-refractivity contribution in [2.24, 2.45) is 0 Å². The zero-order chi connectivity index (χ0) is 19.9. The molecule has 144 valence electrons. The molecule has 2 N–H and O–H groups in total. The zero-order valence-corrected chi connectivity index (χ0v) is 15.6. The highest BCUT2D eigenvalue weighted by molar-refractivity contribution is 6.02. The number of aryl methyl sites for hydroxylation is 1. The number of rotatable bonds is 7. The van der Waals surface area contributed by atoms with E-state index in [1.165, 1.54) is 19.3 Å². The number of carbonyl (C=O) groups is 1. The minimum Gasteiger partial charge on any atom is -0.504 e. The number of phenolic OH excluding ortho intramolecular Hbond substituents is 1. The summed E-state index contributed by atoms with van der Waals surface area (Å²) in [5.74, 6) is 2.28. The Hall–Kier alpha value is -3.67. The van der Waals surface area contributed by atoms with Gasteiger partial charge in [0.2, 0.25) is 5.91 Å². The van der Waals surface area contributed by atoms with E-state index < -0.39 is 0 Å². The third kappa shape index (κ3) is 5.17. The number of amides is 1. The maximum absolute atomic E-state index is 12.1. The normalized spacial score (nSPS) is 10.8. The largest absolute Gasteiger partial charge is 0.504 e. The molecule has 3 aromatic rings. The summed E-state index contributed by atoms with van der Waals surface area (Å²) in [6.45, 7) is 2.19. The molecule has 0 unspecified atom stereocenters. The van der Waals surface area contributed by atoms with Crippen LogP contribution in [0.4, 0.5) is 5.69 Å². The number of carbonyl (C=O) groups excluding carboxylic acids is 1. The molecular formula is C22H21NO5. The Balaban J connectivity index is 1.58. The molecule has 0 bridgehead atoms. The van der Waals surface area contributed by atoms with Gasteiger partial charge in [-0.05, 0) is 55.0 Å². The van der Waals surface area contributed by atoms with Crippen molar-refractivity contribution < 1.29 is 23.8 Å². The molecule has 0 spiro atoms. The van der Waals surface area contributed by atoms with Crippen LogP contribution in [0.15, 0.2) is 65.1 Å². The number of hydrogen-bond donors (Lipinski definition) is 2. The SMILES string of the molecule is COc1ccc(/C=C/C(=O)Nc2cccc(OCc3ccc(C)o3)c2)cc1O. The van der Waals surface area contributed by atoms with Crippen LogP contribution in [0.2, 0.25) is 0 Å². The second-order valence-electron chi connectivity index (χ2n) is 6.08. The highest BCUT2D eigenvalue weighted by Gasteiger charge is 2.04. The number of aromatic hydroxyl groups is 1. The molecular weight excluding hydrogens is 358 g/mol. The third-order valence-electron chi connectivity index (χ3n) is 3.91. The van der Waals surface area contributed by atoms with Gasteiger partial charge >= 0.3 is 0 Å². The van der Waals surface area contributed by atoms with E-state index in [9.17, 15) is 9.90 Å². The van der Waals surface area contributed by atoms with Gasteiger partial charge in [0.25, 0.3) is 0 Å². The van der Waals surface area contributed by atoms with Crippen molar-refractivity contribution in [1.82, 2.24) is 0 Å². The molecule has 0 aliphatic heterocycles. The Bertz CT molecular complexity index is 990. The van der Waals surface area contributed by atoms with Crippen molar-refractivity contribution in [3.63, 3.8) is 0 Å². The fourth-order valence-electron chi connectivity index (χ4n) is 2.55. The summed E-state index contributed by atoms with van der Waals surface area (Å²) in [5.41, 5.74) is 1.29. The van der Waals surface area contributed by atoms with Gasteiger partial charge in [0, 0.05) is 17.8 Å². The maximum atomic E-state index is 12.1. The highest BCUT2D eigenvalue weighted by Crippen LogP contribution is 2.26. The van der Waals surface area contributed by atoms with Gasteiger partial charge in [-0.25, -0.2) is 0 Å². The van der Waals surface area contributed by atoms with Crippen molar-refractivity contribution in [3.8, 4) is 17.2 Å². The molecule has 6 heteroatoms. The van der Waals surface area contributed by atoms with Gasteiger partial charge in [0.15, 0.2) is 11.5 Å². The summed E-state index contributed by atoms with van der Waals surface area (Å²) in [7, 11) is 1.48. The lowest BCUT2D eigenvalue weighted by atomic mass is 10.2. The lowest BCUT2D eigenvalue weighted by Crippen LogP contribution is -2.07. The van der Waals surface area contributed by atoms with Gasteiger partial charge in [0.1, 0.15) is 23.9 Å². The van der Waals surface area contributed by atoms with E-state index >= 15 is 0 Å². The van der Waals surface area contributed by atoms with Crippen molar-refractivity contribution in [2.45, 2.75) is 13.5 Å². The summed E-state index contributed by atoms with van der Waals surface area (Å²) in [5, 5.41) is 12.6. The first-order chi connectivity index (χ1) is 13.5. The first-order valence-corrected chi connectivity index (χ1v) is 8.68. The number of furan rings is 1. The van der Waals surface area contributed by atoms with Crippen LogP contribution in [0.3, 0.4) is 0 Å². The van der Waals surface area contributed by atoms with Gasteiger partial charge in [-0.15, -0.1) is 0 Å². The molecule has 0 aliphatic carbocycles. The third-order valence-corrected chi connectivity index (χ3v) is 3.91. The molecule has 1 aromatic heterocycles. The minimum absolute atomic E-state index is 0.0154. The van der Waals surface area contributed by atoms with E-state index in [4.69, 9.17) is 13.9 Å². The second kappa shape index (κ2) is 8.81. The maximum Gasteiger partial charge on any atom is 0.248 e. The Morgan fingerprint density at radius 3 is 2.75 bits per heavy atom. The minimum atomic E-state index is -0.297. The number of methoxy groups -OCH3 is 1. The number of phenols is 1. The predicted octanol–water partition coefficient (Wildman–Crippen LogP) is 4.53. The first-order valence-electron chi connectivity index (χ1n) is 8.68. The molecule has 1 heterocycles. The fourth-order valence-corrected chi connectivity index (χ4v) is 2.55. The highest BCUT2D eigenvalue weighted by atomic mass is 16.5. The number of anilines is 1. The quantitative estimate of drug-likeness (QED) is 0.590. The molecule has 0 atom stereocenters. The molecule has 0 saturated carbocycles. The Labute approximate surface area is 163 Å². The average Bonchev–Trinajstić information content (AvgIpc) is 3.10. The number of hydrogen-bond acceptors (Lipinski definition) is 5. The molecule has 6 nitrogen and oxygen atoms in total. The predicted molar refractivity (Wildman–Crippen MR) is 107 cm³/mol. The van der Waals surface area contributed by atoms with Gasteiger partial charge in [-0.2, -0.15) is 0 Å². The van der Waals surface area contributed by atoms with Gasteiger partial charge in [-0.3, -0.25) is 4.79 Å². The van der Waals surface area contributed by atoms with Crippen molar-refractivity contribution >= 4 is 17.7 Å². The van der Waals surface area contributed by atoms with Crippen molar-refractivity contribution in [3.05, 3.63) is 77.8 Å². The van der Waals surface area contributed by atoms with E-state index in [-0.39, 0.29) is 11.7 Å². The molecule has 1 amide bonds. The fraction of sp³-hybridized carbons (Fsp3) is 0.136. The summed E-state index contributed by atoms with van der Waals surface area (Å²) >= 11 is 0. The van der Waals surface area contributed by atoms with Crippen LogP contribution in [0, 0.1) is 6.92 Å². The van der Waals surface area contributed by atoms with Gasteiger partial charge in [0.05, 0.1) is 7.11 Å². The summed E-state index contributed by atoms with van der Waals surface area (Å²) < 4.78 is 16.2. The number of benzene rings is 2. The van der Waals surface area contributed by atoms with E-state index in [2.05, 4.69) is 5.32 Å². The molecule has 2 aromatic carbocycles. The average molecular weight is 379 g/mol. The number of ether oxygens (including phenoxy) is 2. The summed E-state index contributed by atoms with van der Waals surface area (Å²) in [4.78, 5) is 12.1.